The first kappa shape index (κ1) is 15.0. The molecule has 2 aliphatic heterocycles. The monoisotopic (exact) mass is 303 g/mol. The quantitative estimate of drug-likeness (QED) is 0.812. The molecular formula is C16H21N3O3. The van der Waals surface area contributed by atoms with Crippen LogP contribution in [0.25, 0.3) is 0 Å². The van der Waals surface area contributed by atoms with Gasteiger partial charge in [0.05, 0.1) is 12.1 Å². The molecule has 0 aromatic carbocycles. The van der Waals surface area contributed by atoms with Crippen LogP contribution < -0.4 is 0 Å². The van der Waals surface area contributed by atoms with Crippen molar-refractivity contribution in [2.75, 3.05) is 20.7 Å². The largest absolute Gasteiger partial charge is 0.376 e. The Bertz CT molecular complexity index is 602. The van der Waals surface area contributed by atoms with Crippen molar-refractivity contribution in [2.45, 2.75) is 38.0 Å². The van der Waals surface area contributed by atoms with Crippen LogP contribution in [0, 0.1) is 6.92 Å². The van der Waals surface area contributed by atoms with Crippen molar-refractivity contribution in [3.8, 4) is 0 Å². The van der Waals surface area contributed by atoms with Crippen molar-refractivity contribution >= 4 is 11.8 Å². The van der Waals surface area contributed by atoms with Crippen molar-refractivity contribution in [1.82, 2.24) is 14.8 Å². The number of carbonyl (C=O) groups is 2. The third kappa shape index (κ3) is 2.47. The Hall–Kier alpha value is -1.95. The Labute approximate surface area is 130 Å². The van der Waals surface area contributed by atoms with Gasteiger partial charge in [0, 0.05) is 32.8 Å². The molecule has 1 aromatic heterocycles. The average molecular weight is 303 g/mol. The standard InChI is InChI=1S/C16H21N3O3/c1-10-5-4-6-11(17-10)15(20)19-12-7-8-22-14(12)9-13(19)16(21)18(2)3/h4-6,12-14H,7-9H2,1-3H3/t12-,13?,14-/m0/s1. The minimum Gasteiger partial charge on any atom is -0.376 e. The number of nitrogens with zero attached hydrogens (tertiary/aromatic N) is 3. The fraction of sp³-hybridized carbons (Fsp3) is 0.562. The molecule has 0 spiro atoms. The fourth-order valence-corrected chi connectivity index (χ4v) is 3.35. The van der Waals surface area contributed by atoms with Gasteiger partial charge < -0.3 is 14.5 Å². The summed E-state index contributed by atoms with van der Waals surface area (Å²) in [7, 11) is 3.43. The first-order chi connectivity index (χ1) is 10.5. The van der Waals surface area contributed by atoms with Gasteiger partial charge in [-0.15, -0.1) is 0 Å². The zero-order valence-electron chi connectivity index (χ0n) is 13.2. The lowest BCUT2D eigenvalue weighted by Crippen LogP contribution is -2.49. The van der Waals surface area contributed by atoms with Crippen molar-refractivity contribution in [1.29, 1.82) is 0 Å². The number of hydrogen-bond acceptors (Lipinski definition) is 4. The summed E-state index contributed by atoms with van der Waals surface area (Å²) < 4.78 is 5.69. The third-order valence-electron chi connectivity index (χ3n) is 4.39. The van der Waals surface area contributed by atoms with Crippen LogP contribution >= 0.6 is 0 Å². The van der Waals surface area contributed by atoms with Crippen LogP contribution in [-0.2, 0) is 9.53 Å². The van der Waals surface area contributed by atoms with Gasteiger partial charge in [-0.2, -0.15) is 0 Å². The summed E-state index contributed by atoms with van der Waals surface area (Å²) in [6.45, 7) is 2.49. The number of likely N-dealkylation sites (tertiary alicyclic amines) is 1. The highest BCUT2D eigenvalue weighted by Crippen LogP contribution is 2.35. The number of carbonyl (C=O) groups excluding carboxylic acids is 2. The summed E-state index contributed by atoms with van der Waals surface area (Å²) >= 11 is 0. The second-order valence-corrected chi connectivity index (χ2v) is 6.13. The third-order valence-corrected chi connectivity index (χ3v) is 4.39. The molecule has 6 heteroatoms. The Morgan fingerprint density at radius 1 is 1.36 bits per heavy atom. The number of amides is 2. The van der Waals surface area contributed by atoms with Crippen molar-refractivity contribution < 1.29 is 14.3 Å². The van der Waals surface area contributed by atoms with E-state index in [1.807, 2.05) is 19.1 Å². The van der Waals surface area contributed by atoms with Gasteiger partial charge in [-0.1, -0.05) is 6.07 Å². The zero-order valence-corrected chi connectivity index (χ0v) is 13.2. The van der Waals surface area contributed by atoms with Gasteiger partial charge in [0.25, 0.3) is 5.91 Å². The number of pyridine rings is 1. The van der Waals surface area contributed by atoms with E-state index in [1.54, 1.807) is 25.1 Å². The lowest BCUT2D eigenvalue weighted by molar-refractivity contribution is -0.133. The molecule has 2 fully saturated rings. The molecule has 2 aliphatic rings. The SMILES string of the molecule is Cc1cccc(C(=O)N2C(C(=O)N(C)C)C[C@@H]3OCC[C@@H]32)n1. The van der Waals surface area contributed by atoms with Crippen LogP contribution in [0.2, 0.25) is 0 Å². The Balaban J connectivity index is 1.93. The van der Waals surface area contributed by atoms with E-state index >= 15 is 0 Å². The molecule has 0 saturated carbocycles. The van der Waals surface area contributed by atoms with Crippen LogP contribution in [0.15, 0.2) is 18.2 Å². The molecule has 0 bridgehead atoms. The summed E-state index contributed by atoms with van der Waals surface area (Å²) in [4.78, 5) is 32.9. The average Bonchev–Trinajstić information content (AvgIpc) is 3.05. The van der Waals surface area contributed by atoms with E-state index in [4.69, 9.17) is 4.74 Å². The van der Waals surface area contributed by atoms with E-state index in [0.717, 1.165) is 12.1 Å². The molecule has 0 N–H and O–H groups in total. The lowest BCUT2D eigenvalue weighted by Gasteiger charge is -2.29. The molecule has 3 atom stereocenters. The van der Waals surface area contributed by atoms with Gasteiger partial charge in [0.15, 0.2) is 0 Å². The molecular weight excluding hydrogens is 282 g/mol. The Kier molecular flexibility index (Phi) is 3.87. The van der Waals surface area contributed by atoms with E-state index in [1.165, 1.54) is 4.90 Å². The summed E-state index contributed by atoms with van der Waals surface area (Å²) in [5.41, 5.74) is 1.18. The molecule has 2 amide bonds. The highest BCUT2D eigenvalue weighted by molar-refractivity contribution is 5.97. The number of aromatic nitrogens is 1. The Morgan fingerprint density at radius 3 is 2.82 bits per heavy atom. The maximum Gasteiger partial charge on any atom is 0.273 e. The number of likely N-dealkylation sites (N-methyl/N-ethyl adjacent to an activating group) is 1. The number of rotatable bonds is 2. The predicted octanol–water partition coefficient (Wildman–Crippen LogP) is 0.850. The first-order valence-electron chi connectivity index (χ1n) is 7.58. The van der Waals surface area contributed by atoms with Gasteiger partial charge >= 0.3 is 0 Å². The molecule has 3 heterocycles. The van der Waals surface area contributed by atoms with E-state index in [-0.39, 0.29) is 24.0 Å². The second kappa shape index (κ2) is 5.68. The van der Waals surface area contributed by atoms with Gasteiger partial charge in [-0.05, 0) is 25.5 Å². The highest BCUT2D eigenvalue weighted by atomic mass is 16.5. The van der Waals surface area contributed by atoms with Crippen LogP contribution in [-0.4, -0.2) is 65.5 Å². The molecule has 1 aromatic rings. The van der Waals surface area contributed by atoms with Crippen molar-refractivity contribution in [3.63, 3.8) is 0 Å². The first-order valence-corrected chi connectivity index (χ1v) is 7.58. The zero-order chi connectivity index (χ0) is 15.9. The fourth-order valence-electron chi connectivity index (χ4n) is 3.35. The summed E-state index contributed by atoms with van der Waals surface area (Å²) in [6.07, 6.45) is 1.31. The normalized spacial score (nSPS) is 26.9. The summed E-state index contributed by atoms with van der Waals surface area (Å²) in [6, 6.07) is 4.89. The van der Waals surface area contributed by atoms with Gasteiger partial charge in [0.2, 0.25) is 5.91 Å². The molecule has 0 radical (unpaired) electrons. The van der Waals surface area contributed by atoms with E-state index in [2.05, 4.69) is 4.98 Å². The summed E-state index contributed by atoms with van der Waals surface area (Å²) in [5.74, 6) is -0.235. The van der Waals surface area contributed by atoms with E-state index in [0.29, 0.717) is 18.7 Å². The van der Waals surface area contributed by atoms with E-state index < -0.39 is 6.04 Å². The Morgan fingerprint density at radius 2 is 2.14 bits per heavy atom. The number of fused-ring (bicyclic) bond motifs is 1. The topological polar surface area (TPSA) is 62.7 Å². The van der Waals surface area contributed by atoms with Crippen LogP contribution in [0.4, 0.5) is 0 Å². The lowest BCUT2D eigenvalue weighted by atomic mass is 10.1. The van der Waals surface area contributed by atoms with Gasteiger partial charge in [-0.3, -0.25) is 9.59 Å². The molecule has 118 valence electrons. The van der Waals surface area contributed by atoms with Crippen molar-refractivity contribution in [2.24, 2.45) is 0 Å². The predicted molar refractivity (Wildman–Crippen MR) is 80.4 cm³/mol. The molecule has 22 heavy (non-hydrogen) atoms. The van der Waals surface area contributed by atoms with Crippen LogP contribution in [0.1, 0.15) is 29.0 Å². The maximum absolute atomic E-state index is 12.9. The van der Waals surface area contributed by atoms with Crippen LogP contribution in [0.5, 0.6) is 0 Å². The highest BCUT2D eigenvalue weighted by Gasteiger charge is 2.50. The minimum absolute atomic E-state index is 0.0243. The molecule has 6 nitrogen and oxygen atoms in total. The number of hydrogen-bond donors (Lipinski definition) is 0. The molecule has 2 saturated heterocycles. The maximum atomic E-state index is 12.9. The van der Waals surface area contributed by atoms with Gasteiger partial charge in [-0.25, -0.2) is 4.98 Å². The van der Waals surface area contributed by atoms with Gasteiger partial charge in [0.1, 0.15) is 11.7 Å². The smallest absolute Gasteiger partial charge is 0.273 e. The van der Waals surface area contributed by atoms with Crippen LogP contribution in [0.3, 0.4) is 0 Å². The van der Waals surface area contributed by atoms with Crippen molar-refractivity contribution in [3.05, 3.63) is 29.6 Å². The molecule has 3 rings (SSSR count). The second-order valence-electron chi connectivity index (χ2n) is 6.13. The molecule has 0 aliphatic carbocycles. The van der Waals surface area contributed by atoms with E-state index in [9.17, 15) is 9.59 Å². The summed E-state index contributed by atoms with van der Waals surface area (Å²) in [5, 5.41) is 0. The number of aryl methyl sites for hydroxylation is 1. The minimum atomic E-state index is -0.458. The number of ether oxygens (including phenoxy) is 1. The molecule has 1 unspecified atom stereocenters.